The summed E-state index contributed by atoms with van der Waals surface area (Å²) in [5, 5.41) is 0. The van der Waals surface area contributed by atoms with E-state index in [0.717, 1.165) is 0 Å². The predicted molar refractivity (Wildman–Crippen MR) is 129 cm³/mol. The molecule has 0 N–H and O–H groups in total. The van der Waals surface area contributed by atoms with E-state index in [1.54, 1.807) is 17.6 Å². The number of allylic oxidation sites excluding steroid dienone is 4. The van der Waals surface area contributed by atoms with Gasteiger partial charge in [-0.15, -0.1) is 24.8 Å². The predicted octanol–water partition coefficient (Wildman–Crippen LogP) is 7.94. The van der Waals surface area contributed by atoms with E-state index in [1.807, 2.05) is 0 Å². The first kappa shape index (κ1) is 24.5. The van der Waals surface area contributed by atoms with Gasteiger partial charge in [-0.3, -0.25) is 0 Å². The van der Waals surface area contributed by atoms with Crippen LogP contribution in [0.5, 0.6) is 0 Å². The molecule has 0 aromatic heterocycles. The SMILES string of the molecule is C[C](C)=[Zr]([C]1=CC(C(C)(C)C)=CC1C)[CH]1c2ccccc2-c2ccccc21.Cl.Cl. The molecule has 0 fully saturated rings. The van der Waals surface area contributed by atoms with Crippen LogP contribution in [0.4, 0.5) is 0 Å². The van der Waals surface area contributed by atoms with E-state index in [-0.39, 0.29) is 30.2 Å². The van der Waals surface area contributed by atoms with E-state index in [1.165, 1.54) is 16.7 Å². The first-order valence-corrected chi connectivity index (χ1v) is 14.0. The molecule has 2 aliphatic rings. The van der Waals surface area contributed by atoms with Gasteiger partial charge in [-0.1, -0.05) is 0 Å². The third-order valence-corrected chi connectivity index (χ3v) is 14.7. The van der Waals surface area contributed by atoms with Crippen LogP contribution in [0.1, 0.15) is 56.3 Å². The van der Waals surface area contributed by atoms with Gasteiger partial charge >= 0.3 is 173 Å². The third-order valence-electron chi connectivity index (χ3n) is 6.07. The van der Waals surface area contributed by atoms with Crippen LogP contribution in [0, 0.1) is 11.3 Å². The van der Waals surface area contributed by atoms with Gasteiger partial charge in [0.05, 0.1) is 0 Å². The molecule has 1 unspecified atom stereocenters. The van der Waals surface area contributed by atoms with Gasteiger partial charge in [0, 0.05) is 0 Å². The summed E-state index contributed by atoms with van der Waals surface area (Å²) < 4.78 is 4.10. The minimum Gasteiger partial charge on any atom is -0.147 e. The minimum absolute atomic E-state index is 0. The van der Waals surface area contributed by atoms with Crippen LogP contribution < -0.4 is 0 Å². The Morgan fingerprint density at radius 1 is 0.828 bits per heavy atom. The average Bonchev–Trinajstić information content (AvgIpc) is 3.15. The summed E-state index contributed by atoms with van der Waals surface area (Å²) in [5.41, 5.74) is 7.85. The molecular weight excluding hydrogens is 474 g/mol. The van der Waals surface area contributed by atoms with Crippen molar-refractivity contribution in [3.63, 3.8) is 0 Å². The Bertz CT molecular complexity index is 956. The number of hydrogen-bond acceptors (Lipinski definition) is 0. The van der Waals surface area contributed by atoms with E-state index in [2.05, 4.69) is 102 Å². The molecule has 154 valence electrons. The van der Waals surface area contributed by atoms with Crippen molar-refractivity contribution in [1.29, 1.82) is 0 Å². The van der Waals surface area contributed by atoms with Crippen molar-refractivity contribution in [2.45, 2.75) is 45.2 Å². The molecule has 0 bridgehead atoms. The van der Waals surface area contributed by atoms with Gasteiger partial charge in [0.2, 0.25) is 0 Å². The largest absolute Gasteiger partial charge is 0.147 e. The summed E-state index contributed by atoms with van der Waals surface area (Å²) in [6.07, 6.45) is 5.13. The third kappa shape index (κ3) is 4.34. The zero-order chi connectivity index (χ0) is 19.3. The van der Waals surface area contributed by atoms with Gasteiger partial charge in [0.1, 0.15) is 0 Å². The standard InChI is InChI=1S/C13H9.C10H15.C3H6.2ClH.Zr/c1-3-7-12-10(5-1)9-11-6-2-4-8-13(11)12;1-8-5-6-9(7-8)10(2,3)4;1-3-2;;;/h1-9H;6-8H,1-4H3;1-2H3;2*1H;. The molecule has 0 saturated heterocycles. The fourth-order valence-electron chi connectivity index (χ4n) is 4.71. The van der Waals surface area contributed by atoms with Gasteiger partial charge in [-0.05, 0) is 0 Å². The maximum atomic E-state index is 2.59. The van der Waals surface area contributed by atoms with Crippen LogP contribution in [0.3, 0.4) is 0 Å². The van der Waals surface area contributed by atoms with Gasteiger partial charge in [-0.25, -0.2) is 0 Å². The second-order valence-corrected chi connectivity index (χ2v) is 16.6. The molecule has 4 rings (SSSR count). The summed E-state index contributed by atoms with van der Waals surface area (Å²) in [7, 11) is 0. The molecule has 29 heavy (non-hydrogen) atoms. The molecule has 0 saturated carbocycles. The van der Waals surface area contributed by atoms with Crippen LogP contribution in [0.2, 0.25) is 0 Å². The molecule has 2 aromatic rings. The Labute approximate surface area is 196 Å². The first-order chi connectivity index (χ1) is 12.8. The van der Waals surface area contributed by atoms with E-state index < -0.39 is 21.3 Å². The monoisotopic (exact) mass is 504 g/mol. The maximum Gasteiger partial charge on any atom is -0.147 e. The molecule has 0 nitrogen and oxygen atoms in total. The summed E-state index contributed by atoms with van der Waals surface area (Å²) in [6, 6.07) is 18.3. The van der Waals surface area contributed by atoms with E-state index in [0.29, 0.717) is 9.54 Å². The van der Waals surface area contributed by atoms with Crippen LogP contribution in [-0.4, -0.2) is 3.21 Å². The molecule has 0 aliphatic heterocycles. The second kappa shape index (κ2) is 9.17. The van der Waals surface area contributed by atoms with Crippen LogP contribution >= 0.6 is 24.8 Å². The number of hydrogen-bond donors (Lipinski definition) is 0. The number of benzene rings is 2. The molecule has 1 atom stereocenters. The van der Waals surface area contributed by atoms with Crippen molar-refractivity contribution in [3.05, 3.63) is 80.7 Å². The van der Waals surface area contributed by atoms with Crippen molar-refractivity contribution < 1.29 is 21.3 Å². The first-order valence-electron chi connectivity index (χ1n) is 10.1. The van der Waals surface area contributed by atoms with E-state index in [4.69, 9.17) is 0 Å². The summed E-state index contributed by atoms with van der Waals surface area (Å²) in [5.74, 6) is 0.587. The molecule has 0 spiro atoms. The second-order valence-electron chi connectivity index (χ2n) is 9.28. The van der Waals surface area contributed by atoms with Gasteiger partial charge in [0.15, 0.2) is 0 Å². The van der Waals surface area contributed by atoms with Crippen molar-refractivity contribution >= 4 is 28.0 Å². The summed E-state index contributed by atoms with van der Waals surface area (Å²) >= 11 is -2.07. The van der Waals surface area contributed by atoms with Gasteiger partial charge < -0.3 is 0 Å². The van der Waals surface area contributed by atoms with Gasteiger partial charge in [-0.2, -0.15) is 0 Å². The summed E-state index contributed by atoms with van der Waals surface area (Å²) in [6.45, 7) is 14.3. The minimum atomic E-state index is -2.07. The molecule has 2 aliphatic carbocycles. The normalized spacial score (nSPS) is 17.4. The Balaban J connectivity index is 0.00000150. The molecule has 0 radical (unpaired) electrons. The van der Waals surface area contributed by atoms with E-state index >= 15 is 0 Å². The Hall–Kier alpha value is -0.747. The fraction of sp³-hybridized carbons (Fsp3) is 0.346. The van der Waals surface area contributed by atoms with Crippen LogP contribution in [0.15, 0.2) is 69.5 Å². The Morgan fingerprint density at radius 3 is 1.72 bits per heavy atom. The zero-order valence-electron chi connectivity index (χ0n) is 18.2. The quantitative estimate of drug-likeness (QED) is 0.388. The topological polar surface area (TPSA) is 0 Å². The van der Waals surface area contributed by atoms with E-state index in [9.17, 15) is 0 Å². The Kier molecular flexibility index (Phi) is 7.76. The number of rotatable bonds is 2. The van der Waals surface area contributed by atoms with Crippen LogP contribution in [-0.2, 0) is 21.3 Å². The molecule has 3 heteroatoms. The van der Waals surface area contributed by atoms with Crippen molar-refractivity contribution in [1.82, 2.24) is 0 Å². The molecule has 0 heterocycles. The molecule has 0 amide bonds. The number of fused-ring (bicyclic) bond motifs is 3. The maximum absolute atomic E-state index is 2.59. The Morgan fingerprint density at radius 2 is 1.31 bits per heavy atom. The van der Waals surface area contributed by atoms with Crippen molar-refractivity contribution in [3.8, 4) is 11.1 Å². The van der Waals surface area contributed by atoms with Crippen LogP contribution in [0.25, 0.3) is 11.1 Å². The summed E-state index contributed by atoms with van der Waals surface area (Å²) in [4.78, 5) is 0. The molecule has 2 aromatic carbocycles. The number of halogens is 2. The van der Waals surface area contributed by atoms with Gasteiger partial charge in [0.25, 0.3) is 0 Å². The fourth-order valence-corrected chi connectivity index (χ4v) is 13.3. The average molecular weight is 507 g/mol. The van der Waals surface area contributed by atoms with Crippen molar-refractivity contribution in [2.24, 2.45) is 11.3 Å². The van der Waals surface area contributed by atoms with Crippen molar-refractivity contribution in [2.75, 3.05) is 0 Å². The zero-order valence-corrected chi connectivity index (χ0v) is 22.3. The smallest absolute Gasteiger partial charge is 0.147 e. The molecular formula is C26H32Cl2Zr.